The molecule has 0 N–H and O–H groups in total. The van der Waals surface area contributed by atoms with E-state index in [1.807, 2.05) is 0 Å². The lowest BCUT2D eigenvalue weighted by atomic mass is 10.4. The average Bonchev–Trinajstić information content (AvgIpc) is 2.14. The Balaban J connectivity index is 3.64. The second-order valence-corrected chi connectivity index (χ2v) is 3.40. The first-order valence-corrected chi connectivity index (χ1v) is 5.58. The minimum atomic E-state index is 0.665. The summed E-state index contributed by atoms with van der Waals surface area (Å²) in [6, 6.07) is 0. The quantitative estimate of drug-likeness (QED) is 0.486. The van der Waals surface area contributed by atoms with Gasteiger partial charge in [0, 0.05) is 13.1 Å². The highest BCUT2D eigenvalue weighted by Crippen LogP contribution is 1.98. The van der Waals surface area contributed by atoms with Crippen LogP contribution >= 0.6 is 12.2 Å². The summed E-state index contributed by atoms with van der Waals surface area (Å²) in [5.41, 5.74) is 0. The van der Waals surface area contributed by atoms with Crippen LogP contribution in [0.15, 0.2) is 0 Å². The van der Waals surface area contributed by atoms with Gasteiger partial charge >= 0.3 is 0 Å². The van der Waals surface area contributed by atoms with Crippen molar-refractivity contribution in [2.45, 2.75) is 40.0 Å². The van der Waals surface area contributed by atoms with Crippen LogP contribution in [-0.2, 0) is 4.74 Å². The van der Waals surface area contributed by atoms with Gasteiger partial charge in [-0.25, -0.2) is 0 Å². The topological polar surface area (TPSA) is 12.5 Å². The van der Waals surface area contributed by atoms with Crippen LogP contribution < -0.4 is 0 Å². The molecule has 0 amide bonds. The highest BCUT2D eigenvalue weighted by molar-refractivity contribution is 7.80. The number of hydrogen-bond acceptors (Lipinski definition) is 2. The fraction of sp³-hybridized carbons (Fsp3) is 0.900. The van der Waals surface area contributed by atoms with Gasteiger partial charge in [-0.15, -0.1) is 0 Å². The van der Waals surface area contributed by atoms with Gasteiger partial charge in [-0.05, 0) is 32.0 Å². The second-order valence-electron chi connectivity index (χ2n) is 3.05. The maximum absolute atomic E-state index is 5.45. The summed E-state index contributed by atoms with van der Waals surface area (Å²) in [5.74, 6) is 0. The van der Waals surface area contributed by atoms with Crippen molar-refractivity contribution in [1.82, 2.24) is 4.90 Å². The molecule has 2 nitrogen and oxygen atoms in total. The molecule has 0 aliphatic heterocycles. The third kappa shape index (κ3) is 5.86. The second kappa shape index (κ2) is 8.30. The first-order chi connectivity index (χ1) is 6.26. The Hall–Kier alpha value is -0.310. The van der Waals surface area contributed by atoms with E-state index in [1.54, 1.807) is 0 Å². The van der Waals surface area contributed by atoms with Gasteiger partial charge in [-0.2, -0.15) is 0 Å². The van der Waals surface area contributed by atoms with Crippen LogP contribution in [0, 0.1) is 0 Å². The molecule has 0 unspecified atom stereocenters. The van der Waals surface area contributed by atoms with Gasteiger partial charge in [0.2, 0.25) is 0 Å². The zero-order valence-corrected chi connectivity index (χ0v) is 9.82. The molecule has 0 radical (unpaired) electrons. The maximum Gasteiger partial charge on any atom is 0.259 e. The van der Waals surface area contributed by atoms with Crippen LogP contribution in [0.5, 0.6) is 0 Å². The molecule has 3 heteroatoms. The molecule has 0 bridgehead atoms. The molecular weight excluding hydrogens is 182 g/mol. The lowest BCUT2D eigenvalue weighted by Gasteiger charge is -2.22. The van der Waals surface area contributed by atoms with Crippen molar-refractivity contribution in [3.63, 3.8) is 0 Å². The summed E-state index contributed by atoms with van der Waals surface area (Å²) in [6.45, 7) is 9.11. The van der Waals surface area contributed by atoms with E-state index < -0.39 is 0 Å². The molecule has 0 saturated carbocycles. The summed E-state index contributed by atoms with van der Waals surface area (Å²) in [5, 5.41) is 0.665. The summed E-state index contributed by atoms with van der Waals surface area (Å²) >= 11 is 5.16. The van der Waals surface area contributed by atoms with E-state index in [4.69, 9.17) is 17.0 Å². The van der Waals surface area contributed by atoms with Crippen LogP contribution in [0.4, 0.5) is 0 Å². The normalized spacial score (nSPS) is 9.77. The van der Waals surface area contributed by atoms with Gasteiger partial charge in [0.1, 0.15) is 0 Å². The third-order valence-electron chi connectivity index (χ3n) is 1.86. The predicted molar refractivity (Wildman–Crippen MR) is 61.0 cm³/mol. The third-order valence-corrected chi connectivity index (χ3v) is 2.23. The van der Waals surface area contributed by atoms with Crippen molar-refractivity contribution in [3.05, 3.63) is 0 Å². The number of unbranched alkanes of at least 4 members (excludes halogenated alkanes) is 1. The van der Waals surface area contributed by atoms with Crippen molar-refractivity contribution in [1.29, 1.82) is 0 Å². The molecule has 0 spiro atoms. The Morgan fingerprint density at radius 3 is 2.38 bits per heavy atom. The van der Waals surface area contributed by atoms with Gasteiger partial charge < -0.3 is 9.64 Å². The van der Waals surface area contributed by atoms with Gasteiger partial charge in [-0.3, -0.25) is 0 Å². The van der Waals surface area contributed by atoms with E-state index in [2.05, 4.69) is 25.7 Å². The molecular formula is C10H21NOS. The number of nitrogens with zero attached hydrogens (tertiary/aromatic N) is 1. The SMILES string of the molecule is CCCCOC(=S)N(CC)CCC. The van der Waals surface area contributed by atoms with Gasteiger partial charge in [0.25, 0.3) is 5.17 Å². The Labute approximate surface area is 87.3 Å². The molecule has 0 saturated heterocycles. The smallest absolute Gasteiger partial charge is 0.259 e. The largest absolute Gasteiger partial charge is 0.471 e. The summed E-state index contributed by atoms with van der Waals surface area (Å²) in [4.78, 5) is 2.10. The highest BCUT2D eigenvalue weighted by atomic mass is 32.1. The van der Waals surface area contributed by atoms with Gasteiger partial charge in [0.15, 0.2) is 0 Å². The lowest BCUT2D eigenvalue weighted by molar-refractivity contribution is 0.240. The number of rotatable bonds is 6. The van der Waals surface area contributed by atoms with Crippen molar-refractivity contribution in [3.8, 4) is 0 Å². The van der Waals surface area contributed by atoms with Crippen molar-refractivity contribution >= 4 is 17.4 Å². The number of hydrogen-bond donors (Lipinski definition) is 0. The Kier molecular flexibility index (Phi) is 8.10. The van der Waals surface area contributed by atoms with Crippen molar-refractivity contribution < 1.29 is 4.74 Å². The number of thiocarbonyl (C=S) groups is 1. The molecule has 0 aromatic carbocycles. The van der Waals surface area contributed by atoms with E-state index in [0.29, 0.717) is 5.17 Å². The zero-order chi connectivity index (χ0) is 10.1. The molecule has 0 aliphatic rings. The fourth-order valence-corrected chi connectivity index (χ4v) is 1.35. The van der Waals surface area contributed by atoms with Crippen LogP contribution in [0.2, 0.25) is 0 Å². The molecule has 78 valence electrons. The Morgan fingerprint density at radius 2 is 1.92 bits per heavy atom. The van der Waals surface area contributed by atoms with Crippen LogP contribution in [0.1, 0.15) is 40.0 Å². The summed E-state index contributed by atoms with van der Waals surface area (Å²) in [6.07, 6.45) is 3.36. The molecule has 0 rings (SSSR count). The van der Waals surface area contributed by atoms with E-state index in [9.17, 15) is 0 Å². The summed E-state index contributed by atoms with van der Waals surface area (Å²) < 4.78 is 5.45. The van der Waals surface area contributed by atoms with Gasteiger partial charge in [0.05, 0.1) is 6.61 Å². The lowest BCUT2D eigenvalue weighted by Crippen LogP contribution is -2.32. The Bertz CT molecular complexity index is 139. The molecule has 13 heavy (non-hydrogen) atoms. The first-order valence-electron chi connectivity index (χ1n) is 5.17. The average molecular weight is 203 g/mol. The minimum Gasteiger partial charge on any atom is -0.471 e. The maximum atomic E-state index is 5.45. The zero-order valence-electron chi connectivity index (χ0n) is 9.01. The minimum absolute atomic E-state index is 0.665. The van der Waals surface area contributed by atoms with Crippen molar-refractivity contribution in [2.75, 3.05) is 19.7 Å². The molecule has 0 heterocycles. The van der Waals surface area contributed by atoms with E-state index in [-0.39, 0.29) is 0 Å². The molecule has 0 atom stereocenters. The fourth-order valence-electron chi connectivity index (χ4n) is 1.04. The predicted octanol–water partition coefficient (Wildman–Crippen LogP) is 2.82. The van der Waals surface area contributed by atoms with Gasteiger partial charge in [-0.1, -0.05) is 20.3 Å². The van der Waals surface area contributed by atoms with E-state index >= 15 is 0 Å². The van der Waals surface area contributed by atoms with Crippen LogP contribution in [0.3, 0.4) is 0 Å². The van der Waals surface area contributed by atoms with Crippen LogP contribution in [0.25, 0.3) is 0 Å². The van der Waals surface area contributed by atoms with Crippen molar-refractivity contribution in [2.24, 2.45) is 0 Å². The van der Waals surface area contributed by atoms with Crippen LogP contribution in [-0.4, -0.2) is 29.8 Å². The Morgan fingerprint density at radius 1 is 1.23 bits per heavy atom. The summed E-state index contributed by atoms with van der Waals surface area (Å²) in [7, 11) is 0. The van der Waals surface area contributed by atoms with E-state index in [1.165, 1.54) is 0 Å². The monoisotopic (exact) mass is 203 g/mol. The van der Waals surface area contributed by atoms with E-state index in [0.717, 1.165) is 39.0 Å². The molecule has 0 aliphatic carbocycles. The standard InChI is InChI=1S/C10H21NOS/c1-4-7-9-12-10(13)11(6-3)8-5-2/h4-9H2,1-3H3. The number of ether oxygens (including phenoxy) is 1. The molecule has 0 aromatic rings. The highest BCUT2D eigenvalue weighted by Gasteiger charge is 2.06. The first kappa shape index (κ1) is 12.7. The molecule has 0 aromatic heterocycles. The molecule has 0 fully saturated rings.